The zero-order valence-corrected chi connectivity index (χ0v) is 9.65. The molecule has 1 heterocycles. The normalized spacial score (nSPS) is 10.7. The number of aromatic nitrogens is 1. The number of carbonyl (C=O) groups excluding carboxylic acids is 1. The topological polar surface area (TPSA) is 31.2 Å². The fraction of sp³-hybridized carbons (Fsp3) is 0.308. The third kappa shape index (κ3) is 2.16. The summed E-state index contributed by atoms with van der Waals surface area (Å²) in [6.07, 6.45) is 0. The van der Waals surface area contributed by atoms with Crippen LogP contribution in [0.4, 0.5) is 4.39 Å². The van der Waals surface area contributed by atoms with E-state index in [0.29, 0.717) is 12.3 Å². The van der Waals surface area contributed by atoms with Crippen molar-refractivity contribution >= 4 is 16.9 Å². The van der Waals surface area contributed by atoms with Crippen molar-refractivity contribution in [2.24, 2.45) is 0 Å². The van der Waals surface area contributed by atoms with Crippen LogP contribution in [0.1, 0.15) is 17.4 Å². The summed E-state index contributed by atoms with van der Waals surface area (Å²) in [5.41, 5.74) is 1.26. The molecule has 0 radical (unpaired) electrons. The monoisotopic (exact) mass is 235 g/mol. The van der Waals surface area contributed by atoms with E-state index in [-0.39, 0.29) is 6.54 Å². The van der Waals surface area contributed by atoms with E-state index < -0.39 is 12.6 Å². The third-order valence-electron chi connectivity index (χ3n) is 2.60. The molecule has 0 atom stereocenters. The molecule has 0 spiro atoms. The highest BCUT2D eigenvalue weighted by Crippen LogP contribution is 2.20. The number of benzene rings is 1. The Morgan fingerprint density at radius 3 is 2.88 bits per heavy atom. The Morgan fingerprint density at radius 1 is 1.41 bits per heavy atom. The summed E-state index contributed by atoms with van der Waals surface area (Å²) < 4.78 is 19.2. The first-order valence-electron chi connectivity index (χ1n) is 5.59. The number of rotatable bonds is 4. The second-order valence-corrected chi connectivity index (χ2v) is 3.65. The highest BCUT2D eigenvalue weighted by molar-refractivity contribution is 5.95. The fourth-order valence-electron chi connectivity index (χ4n) is 1.91. The van der Waals surface area contributed by atoms with E-state index in [2.05, 4.69) is 0 Å². The molecular weight excluding hydrogens is 221 g/mol. The second-order valence-electron chi connectivity index (χ2n) is 3.65. The van der Waals surface area contributed by atoms with Crippen molar-refractivity contribution in [3.8, 4) is 0 Å². The number of halogens is 1. The van der Waals surface area contributed by atoms with E-state index in [1.807, 2.05) is 24.3 Å². The maximum atomic E-state index is 12.5. The van der Waals surface area contributed by atoms with Crippen molar-refractivity contribution in [3.63, 3.8) is 0 Å². The van der Waals surface area contributed by atoms with Crippen molar-refractivity contribution < 1.29 is 13.9 Å². The van der Waals surface area contributed by atoms with Gasteiger partial charge in [-0.25, -0.2) is 9.18 Å². The van der Waals surface area contributed by atoms with Gasteiger partial charge >= 0.3 is 5.97 Å². The van der Waals surface area contributed by atoms with Crippen LogP contribution in [0, 0.1) is 0 Å². The predicted molar refractivity (Wildman–Crippen MR) is 63.9 cm³/mol. The van der Waals surface area contributed by atoms with Gasteiger partial charge in [-0.1, -0.05) is 18.2 Å². The minimum atomic E-state index is -0.509. The summed E-state index contributed by atoms with van der Waals surface area (Å²) in [7, 11) is 0. The number of alkyl halides is 1. The Balaban J connectivity index is 2.53. The van der Waals surface area contributed by atoms with Crippen LogP contribution >= 0.6 is 0 Å². The predicted octanol–water partition coefficient (Wildman–Crippen LogP) is 2.79. The Hall–Kier alpha value is -1.84. The number of hydrogen-bond acceptors (Lipinski definition) is 2. The second kappa shape index (κ2) is 4.99. The lowest BCUT2D eigenvalue weighted by Gasteiger charge is -2.07. The van der Waals surface area contributed by atoms with Gasteiger partial charge in [-0.05, 0) is 19.1 Å². The number of fused-ring (bicyclic) bond motifs is 1. The molecule has 0 amide bonds. The molecule has 0 bridgehead atoms. The van der Waals surface area contributed by atoms with Crippen LogP contribution < -0.4 is 0 Å². The van der Waals surface area contributed by atoms with Gasteiger partial charge < -0.3 is 9.30 Å². The molecule has 1 aromatic heterocycles. The van der Waals surface area contributed by atoms with Crippen LogP contribution in [0.2, 0.25) is 0 Å². The molecular formula is C13H14FNO2. The van der Waals surface area contributed by atoms with Crippen molar-refractivity contribution in [2.75, 3.05) is 13.3 Å². The first kappa shape index (κ1) is 11.6. The van der Waals surface area contributed by atoms with Gasteiger partial charge in [-0.15, -0.1) is 0 Å². The third-order valence-corrected chi connectivity index (χ3v) is 2.60. The van der Waals surface area contributed by atoms with E-state index in [4.69, 9.17) is 4.74 Å². The highest BCUT2D eigenvalue weighted by atomic mass is 19.1. The van der Waals surface area contributed by atoms with E-state index in [1.165, 1.54) is 0 Å². The van der Waals surface area contributed by atoms with E-state index in [9.17, 15) is 9.18 Å². The van der Waals surface area contributed by atoms with Gasteiger partial charge in [0.1, 0.15) is 12.4 Å². The average molecular weight is 235 g/mol. The standard InChI is InChI=1S/C13H14FNO2/c1-2-17-13(16)12-9-10-5-3-4-6-11(10)15(12)8-7-14/h3-6,9H,2,7-8H2,1H3. The molecule has 0 aliphatic rings. The average Bonchev–Trinajstić information content (AvgIpc) is 2.70. The summed E-state index contributed by atoms with van der Waals surface area (Å²) in [4.78, 5) is 11.7. The highest BCUT2D eigenvalue weighted by Gasteiger charge is 2.15. The molecule has 2 aromatic rings. The molecule has 0 saturated carbocycles. The maximum Gasteiger partial charge on any atom is 0.354 e. The number of carbonyl (C=O) groups is 1. The van der Waals surface area contributed by atoms with Gasteiger partial charge in [0.2, 0.25) is 0 Å². The van der Waals surface area contributed by atoms with Crippen LogP contribution in [0.5, 0.6) is 0 Å². The van der Waals surface area contributed by atoms with E-state index >= 15 is 0 Å². The SMILES string of the molecule is CCOC(=O)c1cc2ccccc2n1CCF. The minimum absolute atomic E-state index is 0.168. The van der Waals surface area contributed by atoms with Crippen molar-refractivity contribution in [1.82, 2.24) is 4.57 Å². The van der Waals surface area contributed by atoms with Crippen LogP contribution in [0.25, 0.3) is 10.9 Å². The lowest BCUT2D eigenvalue weighted by molar-refractivity contribution is 0.0514. The zero-order chi connectivity index (χ0) is 12.3. The number of nitrogens with zero attached hydrogens (tertiary/aromatic N) is 1. The van der Waals surface area contributed by atoms with Crippen LogP contribution in [-0.4, -0.2) is 23.8 Å². The van der Waals surface area contributed by atoms with Crippen LogP contribution in [0.3, 0.4) is 0 Å². The molecule has 0 fully saturated rings. The molecule has 90 valence electrons. The molecule has 4 heteroatoms. The Bertz CT molecular complexity index is 533. The van der Waals surface area contributed by atoms with Crippen molar-refractivity contribution in [2.45, 2.75) is 13.5 Å². The van der Waals surface area contributed by atoms with E-state index in [0.717, 1.165) is 10.9 Å². The summed E-state index contributed by atoms with van der Waals surface area (Å²) in [6.45, 7) is 1.72. The Morgan fingerprint density at radius 2 is 2.18 bits per heavy atom. The molecule has 0 saturated heterocycles. The van der Waals surface area contributed by atoms with Gasteiger partial charge in [0, 0.05) is 10.9 Å². The summed E-state index contributed by atoms with van der Waals surface area (Å²) >= 11 is 0. The molecule has 0 unspecified atom stereocenters. The van der Waals surface area contributed by atoms with Gasteiger partial charge in [-0.3, -0.25) is 0 Å². The number of para-hydroxylation sites is 1. The van der Waals surface area contributed by atoms with Crippen molar-refractivity contribution in [1.29, 1.82) is 0 Å². The van der Waals surface area contributed by atoms with Crippen LogP contribution in [-0.2, 0) is 11.3 Å². The lowest BCUT2D eigenvalue weighted by Crippen LogP contribution is -2.12. The fourth-order valence-corrected chi connectivity index (χ4v) is 1.91. The number of aryl methyl sites for hydroxylation is 1. The van der Waals surface area contributed by atoms with E-state index in [1.54, 1.807) is 17.6 Å². The molecule has 0 aliphatic carbocycles. The number of ether oxygens (including phenoxy) is 1. The quantitative estimate of drug-likeness (QED) is 0.763. The number of esters is 1. The van der Waals surface area contributed by atoms with Crippen molar-refractivity contribution in [3.05, 3.63) is 36.0 Å². The lowest BCUT2D eigenvalue weighted by atomic mass is 10.2. The molecule has 2 rings (SSSR count). The molecule has 17 heavy (non-hydrogen) atoms. The van der Waals surface area contributed by atoms with Gasteiger partial charge in [0.25, 0.3) is 0 Å². The first-order valence-corrected chi connectivity index (χ1v) is 5.59. The Kier molecular flexibility index (Phi) is 3.42. The Labute approximate surface area is 98.8 Å². The molecule has 0 aliphatic heterocycles. The molecule has 0 N–H and O–H groups in total. The van der Waals surface area contributed by atoms with Gasteiger partial charge in [0.05, 0.1) is 13.2 Å². The largest absolute Gasteiger partial charge is 0.461 e. The minimum Gasteiger partial charge on any atom is -0.461 e. The summed E-state index contributed by atoms with van der Waals surface area (Å²) in [6, 6.07) is 9.26. The molecule has 3 nitrogen and oxygen atoms in total. The first-order chi connectivity index (χ1) is 8.27. The molecule has 1 aromatic carbocycles. The van der Waals surface area contributed by atoms with Gasteiger partial charge in [0.15, 0.2) is 0 Å². The van der Waals surface area contributed by atoms with Crippen LogP contribution in [0.15, 0.2) is 30.3 Å². The summed E-state index contributed by atoms with van der Waals surface area (Å²) in [5.74, 6) is -0.405. The number of hydrogen-bond donors (Lipinski definition) is 0. The smallest absolute Gasteiger partial charge is 0.354 e. The zero-order valence-electron chi connectivity index (χ0n) is 9.65. The summed E-state index contributed by atoms with van der Waals surface area (Å²) in [5, 5.41) is 0.920. The van der Waals surface area contributed by atoms with Gasteiger partial charge in [-0.2, -0.15) is 0 Å². The maximum absolute atomic E-state index is 12.5.